The van der Waals surface area contributed by atoms with E-state index in [2.05, 4.69) is 31.3 Å². The van der Waals surface area contributed by atoms with Crippen molar-refractivity contribution < 1.29 is 14.3 Å². The number of rotatable bonds is 8. The molecule has 5 heteroatoms. The number of nitrogens with zero attached hydrogens (tertiary/aromatic N) is 1. The normalized spacial score (nSPS) is 33.0. The van der Waals surface area contributed by atoms with Crippen molar-refractivity contribution in [1.82, 2.24) is 10.2 Å². The molecular weight excluding hydrogens is 316 g/mol. The van der Waals surface area contributed by atoms with E-state index >= 15 is 0 Å². The molecule has 3 rings (SSSR count). The average molecular weight is 348 g/mol. The van der Waals surface area contributed by atoms with Crippen LogP contribution in [-0.4, -0.2) is 49.6 Å². The van der Waals surface area contributed by atoms with E-state index in [1.54, 1.807) is 0 Å². The first-order chi connectivity index (χ1) is 12.2. The Labute approximate surface area is 151 Å². The van der Waals surface area contributed by atoms with Crippen molar-refractivity contribution in [3.8, 4) is 0 Å². The van der Waals surface area contributed by atoms with Crippen LogP contribution in [0.1, 0.15) is 39.5 Å². The average Bonchev–Trinajstić information content (AvgIpc) is 3.35. The summed E-state index contributed by atoms with van der Waals surface area (Å²) >= 11 is 0. The van der Waals surface area contributed by atoms with E-state index in [4.69, 9.17) is 4.74 Å². The maximum absolute atomic E-state index is 13.2. The Morgan fingerprint density at radius 1 is 1.12 bits per heavy atom. The summed E-state index contributed by atoms with van der Waals surface area (Å²) in [6, 6.07) is 0. The van der Waals surface area contributed by atoms with Crippen LogP contribution >= 0.6 is 0 Å². The number of fused-ring (bicyclic) bond motifs is 2. The van der Waals surface area contributed by atoms with Crippen molar-refractivity contribution in [2.24, 2.45) is 29.6 Å². The van der Waals surface area contributed by atoms with E-state index in [1.165, 1.54) is 0 Å². The Morgan fingerprint density at radius 2 is 1.80 bits per heavy atom. The molecule has 1 aliphatic heterocycles. The van der Waals surface area contributed by atoms with Gasteiger partial charge in [-0.2, -0.15) is 0 Å². The maximum atomic E-state index is 13.2. The molecule has 1 heterocycles. The van der Waals surface area contributed by atoms with Gasteiger partial charge in [0, 0.05) is 32.2 Å². The summed E-state index contributed by atoms with van der Waals surface area (Å²) in [6.45, 7) is 7.98. The van der Waals surface area contributed by atoms with Crippen LogP contribution in [0.5, 0.6) is 0 Å². The summed E-state index contributed by atoms with van der Waals surface area (Å²) < 4.78 is 5.39. The molecule has 0 radical (unpaired) electrons. The second-order valence-electron chi connectivity index (χ2n) is 7.80. The molecule has 0 aromatic carbocycles. The molecular formula is C20H32N2O3. The highest BCUT2D eigenvalue weighted by Crippen LogP contribution is 2.48. The number of carbonyl (C=O) groups is 2. The molecule has 1 N–H and O–H groups in total. The van der Waals surface area contributed by atoms with E-state index in [0.717, 1.165) is 52.0 Å². The lowest BCUT2D eigenvalue weighted by molar-refractivity contribution is -0.142. The number of allylic oxidation sites excluding steroid dienone is 2. The van der Waals surface area contributed by atoms with E-state index in [-0.39, 0.29) is 35.5 Å². The minimum atomic E-state index is -0.193. The van der Waals surface area contributed by atoms with Crippen LogP contribution < -0.4 is 5.32 Å². The fraction of sp³-hybridized carbons (Fsp3) is 0.800. The van der Waals surface area contributed by atoms with Crippen LogP contribution in [0.3, 0.4) is 0 Å². The molecule has 3 aliphatic rings. The minimum absolute atomic E-state index is 0.0649. The Morgan fingerprint density at radius 3 is 2.40 bits per heavy atom. The number of carbonyl (C=O) groups excluding carboxylic acids is 2. The van der Waals surface area contributed by atoms with Crippen molar-refractivity contribution in [1.29, 1.82) is 0 Å². The molecule has 0 aromatic heterocycles. The molecule has 25 heavy (non-hydrogen) atoms. The molecule has 1 saturated carbocycles. The summed E-state index contributed by atoms with van der Waals surface area (Å²) in [5.74, 6) is 0.765. The first-order valence-corrected chi connectivity index (χ1v) is 9.98. The smallest absolute Gasteiger partial charge is 0.227 e. The molecule has 5 atom stereocenters. The van der Waals surface area contributed by atoms with Gasteiger partial charge in [0.15, 0.2) is 0 Å². The quantitative estimate of drug-likeness (QED) is 0.684. The van der Waals surface area contributed by atoms with Gasteiger partial charge in [-0.25, -0.2) is 0 Å². The molecule has 1 saturated heterocycles. The highest BCUT2D eigenvalue weighted by atomic mass is 16.5. The monoisotopic (exact) mass is 348 g/mol. The zero-order chi connectivity index (χ0) is 17.8. The van der Waals surface area contributed by atoms with E-state index < -0.39 is 0 Å². The number of ether oxygens (including phenoxy) is 1. The van der Waals surface area contributed by atoms with Gasteiger partial charge in [-0.1, -0.05) is 26.0 Å². The third-order valence-electron chi connectivity index (χ3n) is 5.93. The molecule has 2 aliphatic carbocycles. The molecule has 5 unspecified atom stereocenters. The van der Waals surface area contributed by atoms with Gasteiger partial charge in [-0.15, -0.1) is 0 Å². The highest BCUT2D eigenvalue weighted by molar-refractivity contribution is 5.89. The second-order valence-corrected chi connectivity index (χ2v) is 7.80. The fourth-order valence-electron chi connectivity index (χ4n) is 4.71. The summed E-state index contributed by atoms with van der Waals surface area (Å²) in [4.78, 5) is 28.0. The zero-order valence-electron chi connectivity index (χ0n) is 15.6. The van der Waals surface area contributed by atoms with Crippen LogP contribution in [0.4, 0.5) is 0 Å². The Kier molecular flexibility index (Phi) is 6.15. The lowest BCUT2D eigenvalue weighted by atomic mass is 9.81. The first kappa shape index (κ1) is 18.4. The summed E-state index contributed by atoms with van der Waals surface area (Å²) in [7, 11) is 0. The first-order valence-electron chi connectivity index (χ1n) is 9.98. The lowest BCUT2D eigenvalue weighted by Crippen LogP contribution is -2.46. The molecule has 2 fully saturated rings. The number of nitrogens with one attached hydrogen (secondary N) is 1. The molecule has 0 spiro atoms. The highest BCUT2D eigenvalue weighted by Gasteiger charge is 2.52. The van der Waals surface area contributed by atoms with Gasteiger partial charge in [0.05, 0.1) is 18.4 Å². The van der Waals surface area contributed by atoms with Gasteiger partial charge >= 0.3 is 0 Å². The Hall–Kier alpha value is -1.36. The topological polar surface area (TPSA) is 58.6 Å². The van der Waals surface area contributed by atoms with Crippen LogP contribution in [0.15, 0.2) is 12.2 Å². The molecule has 5 nitrogen and oxygen atoms in total. The largest absolute Gasteiger partial charge is 0.381 e. The molecule has 2 bridgehead atoms. The van der Waals surface area contributed by atoms with Crippen molar-refractivity contribution in [3.63, 3.8) is 0 Å². The molecule has 140 valence electrons. The van der Waals surface area contributed by atoms with Gasteiger partial charge in [-0.05, 0) is 37.5 Å². The summed E-state index contributed by atoms with van der Waals surface area (Å²) in [6.07, 6.45) is 8.20. The van der Waals surface area contributed by atoms with Gasteiger partial charge in [0.1, 0.15) is 0 Å². The number of hydrogen-bond acceptors (Lipinski definition) is 3. The second kappa shape index (κ2) is 8.35. The van der Waals surface area contributed by atoms with Gasteiger partial charge in [-0.3, -0.25) is 9.59 Å². The molecule has 0 aromatic rings. The van der Waals surface area contributed by atoms with Gasteiger partial charge < -0.3 is 15.0 Å². The Bertz CT molecular complexity index is 507. The Balaban J connectivity index is 1.67. The number of hydrogen-bond donors (Lipinski definition) is 1. The number of amides is 2. The van der Waals surface area contributed by atoms with Gasteiger partial charge in [0.25, 0.3) is 0 Å². The van der Waals surface area contributed by atoms with Crippen LogP contribution in [0, 0.1) is 29.6 Å². The minimum Gasteiger partial charge on any atom is -0.381 e. The van der Waals surface area contributed by atoms with Gasteiger partial charge in [0.2, 0.25) is 11.8 Å². The van der Waals surface area contributed by atoms with Crippen molar-refractivity contribution in [2.75, 3.05) is 32.8 Å². The standard InChI is InChI=1S/C20H32N2O3/c1-3-8-22(9-4-2)20(24)18-16-6-5-15(11-16)17(18)19(23)21-12-14-7-10-25-13-14/h5-6,14-18H,3-4,7-13H2,1-2H3,(H,21,23). The fourth-order valence-corrected chi connectivity index (χ4v) is 4.71. The van der Waals surface area contributed by atoms with E-state index in [1.807, 2.05) is 4.90 Å². The lowest BCUT2D eigenvalue weighted by Gasteiger charge is -2.32. The third kappa shape index (κ3) is 3.91. The van der Waals surface area contributed by atoms with Crippen LogP contribution in [-0.2, 0) is 14.3 Å². The maximum Gasteiger partial charge on any atom is 0.227 e. The van der Waals surface area contributed by atoms with Crippen molar-refractivity contribution in [2.45, 2.75) is 39.5 Å². The molecule has 2 amide bonds. The van der Waals surface area contributed by atoms with Crippen LogP contribution in [0.2, 0.25) is 0 Å². The SMILES string of the molecule is CCCN(CCC)C(=O)C1C2C=CC(C2)C1C(=O)NCC1CCOC1. The zero-order valence-corrected chi connectivity index (χ0v) is 15.6. The predicted octanol–water partition coefficient (Wildman–Crippen LogP) is 2.23. The summed E-state index contributed by atoms with van der Waals surface area (Å²) in [5.41, 5.74) is 0. The van der Waals surface area contributed by atoms with Crippen molar-refractivity contribution in [3.05, 3.63) is 12.2 Å². The predicted molar refractivity (Wildman–Crippen MR) is 96.8 cm³/mol. The van der Waals surface area contributed by atoms with E-state index in [9.17, 15) is 9.59 Å². The third-order valence-corrected chi connectivity index (χ3v) is 5.93. The summed E-state index contributed by atoms with van der Waals surface area (Å²) in [5, 5.41) is 3.12. The van der Waals surface area contributed by atoms with Crippen LogP contribution in [0.25, 0.3) is 0 Å². The van der Waals surface area contributed by atoms with E-state index in [0.29, 0.717) is 12.5 Å². The van der Waals surface area contributed by atoms with Crippen molar-refractivity contribution >= 4 is 11.8 Å².